The summed E-state index contributed by atoms with van der Waals surface area (Å²) in [4.78, 5) is 12.0. The van der Waals surface area contributed by atoms with E-state index in [0.717, 1.165) is 0 Å². The molecule has 0 saturated heterocycles. The first-order chi connectivity index (χ1) is 10.8. The number of Topliss-reactive ketones (excluding diaryl/α,β-unsaturated/α-hetero) is 1. The number of carbonyl (C=O) groups excluding carboxylic acids is 1. The molecule has 0 aliphatic carbocycles. The molecular weight excluding hydrogens is 408 g/mol. The zero-order valence-corrected chi connectivity index (χ0v) is 15.1. The summed E-state index contributed by atoms with van der Waals surface area (Å²) in [5.74, 6) is -1.35. The van der Waals surface area contributed by atoms with Crippen LogP contribution in [0.5, 0.6) is 0 Å². The highest BCUT2D eigenvalue weighted by Gasteiger charge is 2.17. The van der Waals surface area contributed by atoms with E-state index in [1.807, 2.05) is 0 Å². The fourth-order valence-electron chi connectivity index (χ4n) is 1.97. The molecule has 0 bridgehead atoms. The first-order valence-electron chi connectivity index (χ1n) is 6.42. The third-order valence-corrected chi connectivity index (χ3v) is 4.30. The minimum atomic E-state index is -0.579. The predicted octanol–water partition coefficient (Wildman–Crippen LogP) is 5.68. The number of nitrogens with one attached hydrogen (secondary N) is 1. The van der Waals surface area contributed by atoms with Crippen LogP contribution >= 0.6 is 40.2 Å². The summed E-state index contributed by atoms with van der Waals surface area (Å²) in [6.45, 7) is 1.34. The lowest BCUT2D eigenvalue weighted by Gasteiger charge is -2.14. The number of para-hydroxylation sites is 1. The second-order valence-electron chi connectivity index (χ2n) is 4.63. The number of thiol groups is 1. The third-order valence-electron chi connectivity index (χ3n) is 3.00. The maximum absolute atomic E-state index is 13.9. The number of halogens is 4. The lowest BCUT2D eigenvalue weighted by Crippen LogP contribution is -2.06. The fraction of sp³-hybridized carbons (Fsp3) is 0.0625. The molecule has 2 aromatic carbocycles. The first kappa shape index (κ1) is 18.0. The minimum absolute atomic E-state index is 0.0103. The van der Waals surface area contributed by atoms with Crippen molar-refractivity contribution in [1.82, 2.24) is 0 Å². The quantitative estimate of drug-likeness (QED) is 0.494. The number of benzene rings is 2. The normalized spacial score (nSPS) is 11.9. The van der Waals surface area contributed by atoms with Gasteiger partial charge in [-0.3, -0.25) is 4.79 Å². The highest BCUT2D eigenvalue weighted by atomic mass is 79.9. The first-order valence-corrected chi connectivity index (χ1v) is 8.03. The van der Waals surface area contributed by atoms with Crippen molar-refractivity contribution in [3.05, 3.63) is 68.1 Å². The Bertz CT molecular complexity index is 790. The van der Waals surface area contributed by atoms with Crippen molar-refractivity contribution < 1.29 is 13.6 Å². The molecular formula is C16H11BrClF2NOS. The monoisotopic (exact) mass is 417 g/mol. The van der Waals surface area contributed by atoms with Crippen molar-refractivity contribution >= 4 is 57.2 Å². The molecule has 0 amide bonds. The number of anilines is 1. The second kappa shape index (κ2) is 7.47. The number of hydrogen-bond donors (Lipinski definition) is 2. The van der Waals surface area contributed by atoms with E-state index in [-0.39, 0.29) is 27.1 Å². The van der Waals surface area contributed by atoms with Crippen molar-refractivity contribution in [2.75, 3.05) is 5.32 Å². The Kier molecular flexibility index (Phi) is 5.84. The van der Waals surface area contributed by atoms with Gasteiger partial charge in [0.15, 0.2) is 5.78 Å². The molecule has 120 valence electrons. The van der Waals surface area contributed by atoms with Gasteiger partial charge in [0.1, 0.15) is 11.6 Å². The van der Waals surface area contributed by atoms with E-state index in [9.17, 15) is 13.6 Å². The average Bonchev–Trinajstić information content (AvgIpc) is 2.45. The van der Waals surface area contributed by atoms with Gasteiger partial charge >= 0.3 is 0 Å². The molecule has 2 rings (SSSR count). The van der Waals surface area contributed by atoms with E-state index in [0.29, 0.717) is 10.0 Å². The molecule has 0 spiro atoms. The van der Waals surface area contributed by atoms with Crippen LogP contribution in [0.4, 0.5) is 14.5 Å². The molecule has 0 saturated carbocycles. The van der Waals surface area contributed by atoms with Crippen molar-refractivity contribution in [3.63, 3.8) is 0 Å². The molecule has 2 aromatic rings. The molecule has 7 heteroatoms. The smallest absolute Gasteiger partial charge is 0.163 e. The van der Waals surface area contributed by atoms with Crippen LogP contribution in [0.25, 0.3) is 5.57 Å². The Morgan fingerprint density at radius 1 is 1.26 bits per heavy atom. The van der Waals surface area contributed by atoms with Gasteiger partial charge in [0.2, 0.25) is 0 Å². The van der Waals surface area contributed by atoms with E-state index >= 15 is 0 Å². The van der Waals surface area contributed by atoms with Gasteiger partial charge in [-0.25, -0.2) is 8.78 Å². The number of carbonyl (C=O) groups is 1. The van der Waals surface area contributed by atoms with Gasteiger partial charge in [-0.1, -0.05) is 39.7 Å². The van der Waals surface area contributed by atoms with E-state index in [4.69, 9.17) is 11.6 Å². The zero-order valence-electron chi connectivity index (χ0n) is 11.8. The maximum Gasteiger partial charge on any atom is 0.163 e. The molecule has 0 aliphatic rings. The summed E-state index contributed by atoms with van der Waals surface area (Å²) in [5, 5.41) is 2.96. The Labute approximate surface area is 151 Å². The van der Waals surface area contributed by atoms with Gasteiger partial charge in [0.05, 0.1) is 21.3 Å². The van der Waals surface area contributed by atoms with Gasteiger partial charge < -0.3 is 5.32 Å². The van der Waals surface area contributed by atoms with Crippen LogP contribution in [0.15, 0.2) is 45.9 Å². The number of ketones is 1. The molecule has 0 unspecified atom stereocenters. The topological polar surface area (TPSA) is 29.1 Å². The van der Waals surface area contributed by atoms with Crippen molar-refractivity contribution in [2.45, 2.75) is 6.92 Å². The van der Waals surface area contributed by atoms with Crippen LogP contribution in [0, 0.1) is 11.6 Å². The van der Waals surface area contributed by atoms with Crippen LogP contribution in [0.2, 0.25) is 5.02 Å². The maximum atomic E-state index is 13.9. The summed E-state index contributed by atoms with van der Waals surface area (Å²) in [6, 6.07) is 8.10. The third kappa shape index (κ3) is 4.13. The Balaban J connectivity index is 2.55. The van der Waals surface area contributed by atoms with Crippen LogP contribution in [-0.4, -0.2) is 5.78 Å². The molecule has 0 atom stereocenters. The molecule has 0 radical (unpaired) electrons. The number of rotatable bonds is 4. The summed E-state index contributed by atoms with van der Waals surface area (Å²) >= 11 is 13.4. The lowest BCUT2D eigenvalue weighted by atomic mass is 10.0. The zero-order chi connectivity index (χ0) is 17.1. The van der Waals surface area contributed by atoms with Gasteiger partial charge in [0, 0.05) is 10.0 Å². The molecule has 23 heavy (non-hydrogen) atoms. The van der Waals surface area contributed by atoms with Gasteiger partial charge in [-0.05, 0) is 31.2 Å². The highest BCUT2D eigenvalue weighted by Crippen LogP contribution is 2.32. The van der Waals surface area contributed by atoms with Crippen LogP contribution < -0.4 is 5.32 Å². The van der Waals surface area contributed by atoms with Gasteiger partial charge in [-0.15, -0.1) is 12.6 Å². The van der Waals surface area contributed by atoms with E-state index < -0.39 is 11.6 Å². The Morgan fingerprint density at radius 2 is 1.96 bits per heavy atom. The Morgan fingerprint density at radius 3 is 2.52 bits per heavy atom. The van der Waals surface area contributed by atoms with Crippen molar-refractivity contribution in [2.24, 2.45) is 0 Å². The average molecular weight is 419 g/mol. The molecule has 1 N–H and O–H groups in total. The van der Waals surface area contributed by atoms with E-state index in [1.54, 1.807) is 0 Å². The van der Waals surface area contributed by atoms with E-state index in [2.05, 4.69) is 33.9 Å². The van der Waals surface area contributed by atoms with Crippen LogP contribution in [0.3, 0.4) is 0 Å². The summed E-state index contributed by atoms with van der Waals surface area (Å²) in [7, 11) is 0. The molecule has 2 nitrogen and oxygen atoms in total. The Hall–Kier alpha value is -1.37. The SMILES string of the molecule is CC(=O)/C(=C(\S)Nc1c(F)cccc1Cl)c1ccc(F)cc1Br. The second-order valence-corrected chi connectivity index (χ2v) is 6.33. The summed E-state index contributed by atoms with van der Waals surface area (Å²) in [5.41, 5.74) is 0.625. The van der Waals surface area contributed by atoms with Gasteiger partial charge in [0.25, 0.3) is 0 Å². The van der Waals surface area contributed by atoms with E-state index in [1.165, 1.54) is 43.3 Å². The molecule has 0 aromatic heterocycles. The molecule has 0 aliphatic heterocycles. The standard InChI is InChI=1S/C16H11BrClF2NOS/c1-8(22)14(10-6-5-9(19)7-11(10)17)16(23)21-15-12(18)3-2-4-13(15)20/h2-7,21,23H,1H3/b16-14+. The minimum Gasteiger partial charge on any atom is -0.346 e. The summed E-state index contributed by atoms with van der Waals surface area (Å²) in [6.07, 6.45) is 0. The molecule has 0 fully saturated rings. The van der Waals surface area contributed by atoms with Crippen LogP contribution in [0.1, 0.15) is 12.5 Å². The number of allylic oxidation sites excluding steroid dienone is 1. The molecule has 0 heterocycles. The van der Waals surface area contributed by atoms with Crippen molar-refractivity contribution in [1.29, 1.82) is 0 Å². The predicted molar refractivity (Wildman–Crippen MR) is 95.7 cm³/mol. The number of hydrogen-bond acceptors (Lipinski definition) is 3. The summed E-state index contributed by atoms with van der Waals surface area (Å²) < 4.78 is 27.5. The van der Waals surface area contributed by atoms with Crippen molar-refractivity contribution in [3.8, 4) is 0 Å². The largest absolute Gasteiger partial charge is 0.346 e. The highest BCUT2D eigenvalue weighted by molar-refractivity contribution is 9.10. The van der Waals surface area contributed by atoms with Gasteiger partial charge in [-0.2, -0.15) is 0 Å². The lowest BCUT2D eigenvalue weighted by molar-refractivity contribution is -0.111. The van der Waals surface area contributed by atoms with Crippen LogP contribution in [-0.2, 0) is 4.79 Å². The fourth-order valence-corrected chi connectivity index (χ4v) is 3.12.